The standard InChI is InChI=1S/C21H25N5O6/c1-4-13-16(29-2)17(30-3)20(32-13)26-11-22-15-18(26)24-21(25-19(15)28)23-14(27)10-31-12-8-6-5-7-9-12/h5-9,11,13,16-17,20H,4,10H2,1-3H3,(H2,23,24,25,27,28)/t13-,16?,17+,20-/m1/s1. The van der Waals surface area contributed by atoms with Crippen LogP contribution in [-0.2, 0) is 19.0 Å². The lowest BCUT2D eigenvalue weighted by Crippen LogP contribution is -2.35. The highest BCUT2D eigenvalue weighted by Gasteiger charge is 2.46. The van der Waals surface area contributed by atoms with E-state index in [0.29, 0.717) is 5.75 Å². The molecule has 2 N–H and O–H groups in total. The van der Waals surface area contributed by atoms with Gasteiger partial charge in [0.05, 0.1) is 12.4 Å². The van der Waals surface area contributed by atoms with Crippen LogP contribution >= 0.6 is 0 Å². The molecule has 1 amide bonds. The molecule has 170 valence electrons. The van der Waals surface area contributed by atoms with Crippen molar-refractivity contribution in [3.63, 3.8) is 0 Å². The maximum absolute atomic E-state index is 12.5. The number of carbonyl (C=O) groups is 1. The quantitative estimate of drug-likeness (QED) is 0.535. The second-order valence-corrected chi connectivity index (χ2v) is 7.26. The van der Waals surface area contributed by atoms with Crippen LogP contribution in [0.25, 0.3) is 11.2 Å². The van der Waals surface area contributed by atoms with Gasteiger partial charge in [0.25, 0.3) is 11.5 Å². The summed E-state index contributed by atoms with van der Waals surface area (Å²) >= 11 is 0. The van der Waals surface area contributed by atoms with Crippen molar-refractivity contribution in [2.24, 2.45) is 0 Å². The van der Waals surface area contributed by atoms with Crippen LogP contribution in [0.15, 0.2) is 41.5 Å². The van der Waals surface area contributed by atoms with Gasteiger partial charge >= 0.3 is 0 Å². The average molecular weight is 443 g/mol. The Balaban J connectivity index is 1.57. The molecule has 1 saturated heterocycles. The molecule has 2 aromatic heterocycles. The van der Waals surface area contributed by atoms with Crippen LogP contribution < -0.4 is 15.6 Å². The lowest BCUT2D eigenvalue weighted by molar-refractivity contribution is -0.118. The highest BCUT2D eigenvalue weighted by molar-refractivity contribution is 5.90. The molecule has 0 bridgehead atoms. The van der Waals surface area contributed by atoms with Crippen molar-refractivity contribution in [2.45, 2.75) is 37.9 Å². The number of hydrogen-bond donors (Lipinski definition) is 2. The number of aromatic amines is 1. The minimum Gasteiger partial charge on any atom is -0.484 e. The number of amides is 1. The minimum absolute atomic E-state index is 0.0202. The Morgan fingerprint density at radius 3 is 2.66 bits per heavy atom. The number of ether oxygens (including phenoxy) is 4. The van der Waals surface area contributed by atoms with E-state index in [9.17, 15) is 9.59 Å². The summed E-state index contributed by atoms with van der Waals surface area (Å²) in [5.74, 6) is 0.0628. The Hall–Kier alpha value is -3.28. The molecular formula is C21H25N5O6. The molecule has 1 aromatic carbocycles. The molecule has 4 rings (SSSR count). The van der Waals surface area contributed by atoms with Crippen molar-refractivity contribution in [3.05, 3.63) is 47.0 Å². The van der Waals surface area contributed by atoms with E-state index in [2.05, 4.69) is 20.3 Å². The largest absolute Gasteiger partial charge is 0.484 e. The second-order valence-electron chi connectivity index (χ2n) is 7.26. The SMILES string of the molecule is CC[C@H]1O[C@@H](n2cnc3c(=O)[nH]c(NC(=O)COc4ccccc4)nc32)[C@@H](OC)C1OC. The molecule has 1 aliphatic heterocycles. The van der Waals surface area contributed by atoms with Gasteiger partial charge in [-0.1, -0.05) is 25.1 Å². The smallest absolute Gasteiger partial charge is 0.280 e. The fourth-order valence-corrected chi connectivity index (χ4v) is 3.80. The van der Waals surface area contributed by atoms with Gasteiger partial charge in [-0.15, -0.1) is 0 Å². The van der Waals surface area contributed by atoms with E-state index in [-0.39, 0.29) is 35.9 Å². The molecule has 0 radical (unpaired) electrons. The van der Waals surface area contributed by atoms with Gasteiger partial charge in [0, 0.05) is 14.2 Å². The van der Waals surface area contributed by atoms with Gasteiger partial charge < -0.3 is 18.9 Å². The molecule has 32 heavy (non-hydrogen) atoms. The van der Waals surface area contributed by atoms with Gasteiger partial charge in [-0.2, -0.15) is 4.98 Å². The van der Waals surface area contributed by atoms with Gasteiger partial charge in [-0.25, -0.2) is 4.98 Å². The van der Waals surface area contributed by atoms with Crippen molar-refractivity contribution >= 4 is 23.0 Å². The van der Waals surface area contributed by atoms with E-state index < -0.39 is 23.8 Å². The molecular weight excluding hydrogens is 418 g/mol. The van der Waals surface area contributed by atoms with E-state index in [1.54, 1.807) is 43.1 Å². The van der Waals surface area contributed by atoms with Crippen molar-refractivity contribution in [1.29, 1.82) is 0 Å². The van der Waals surface area contributed by atoms with Crippen LogP contribution in [0.2, 0.25) is 0 Å². The summed E-state index contributed by atoms with van der Waals surface area (Å²) in [5.41, 5.74) is -0.113. The van der Waals surface area contributed by atoms with Crippen molar-refractivity contribution in [1.82, 2.24) is 19.5 Å². The first-order chi connectivity index (χ1) is 15.5. The third kappa shape index (κ3) is 4.22. The molecule has 0 spiro atoms. The average Bonchev–Trinajstić information content (AvgIpc) is 3.39. The van der Waals surface area contributed by atoms with Crippen LogP contribution in [-0.4, -0.2) is 64.6 Å². The number of nitrogens with zero attached hydrogens (tertiary/aromatic N) is 3. The van der Waals surface area contributed by atoms with Crippen LogP contribution in [0.1, 0.15) is 19.6 Å². The summed E-state index contributed by atoms with van der Waals surface area (Å²) in [7, 11) is 3.17. The molecule has 3 aromatic rings. The Morgan fingerprint density at radius 2 is 1.97 bits per heavy atom. The van der Waals surface area contributed by atoms with Crippen LogP contribution in [0.4, 0.5) is 5.95 Å². The zero-order valence-electron chi connectivity index (χ0n) is 18.0. The summed E-state index contributed by atoms with van der Waals surface area (Å²) in [6.07, 6.45) is 0.684. The first-order valence-electron chi connectivity index (χ1n) is 10.2. The Kier molecular flexibility index (Phi) is 6.49. The number of H-pyrrole nitrogens is 1. The molecule has 1 aliphatic rings. The summed E-state index contributed by atoms with van der Waals surface area (Å²) in [6, 6.07) is 8.93. The number of anilines is 1. The summed E-state index contributed by atoms with van der Waals surface area (Å²) in [5, 5.41) is 2.55. The van der Waals surface area contributed by atoms with Gasteiger partial charge in [-0.05, 0) is 18.6 Å². The van der Waals surface area contributed by atoms with E-state index in [0.717, 1.165) is 6.42 Å². The number of benzene rings is 1. The van der Waals surface area contributed by atoms with E-state index >= 15 is 0 Å². The number of methoxy groups -OCH3 is 2. The maximum Gasteiger partial charge on any atom is 0.280 e. The molecule has 0 saturated carbocycles. The zero-order valence-corrected chi connectivity index (χ0v) is 18.0. The van der Waals surface area contributed by atoms with Gasteiger partial charge in [0.2, 0.25) is 5.95 Å². The lowest BCUT2D eigenvalue weighted by atomic mass is 10.1. The fraction of sp³-hybridized carbons (Fsp3) is 0.429. The van der Waals surface area contributed by atoms with Crippen molar-refractivity contribution < 1.29 is 23.7 Å². The molecule has 1 unspecified atom stereocenters. The van der Waals surface area contributed by atoms with E-state index in [4.69, 9.17) is 18.9 Å². The highest BCUT2D eigenvalue weighted by atomic mass is 16.6. The van der Waals surface area contributed by atoms with E-state index in [1.807, 2.05) is 13.0 Å². The number of nitrogens with one attached hydrogen (secondary N) is 2. The summed E-state index contributed by atoms with van der Waals surface area (Å²) in [6.45, 7) is 1.75. The molecule has 1 fully saturated rings. The molecule has 11 nitrogen and oxygen atoms in total. The van der Waals surface area contributed by atoms with Crippen LogP contribution in [0.5, 0.6) is 5.75 Å². The number of imidazole rings is 1. The predicted molar refractivity (Wildman–Crippen MR) is 115 cm³/mol. The Bertz CT molecular complexity index is 1130. The zero-order chi connectivity index (χ0) is 22.7. The number of rotatable bonds is 8. The number of fused-ring (bicyclic) bond motifs is 1. The number of hydrogen-bond acceptors (Lipinski definition) is 8. The molecule has 4 atom stereocenters. The minimum atomic E-state index is -0.598. The number of aromatic nitrogens is 4. The fourth-order valence-electron chi connectivity index (χ4n) is 3.80. The first-order valence-corrected chi connectivity index (χ1v) is 10.2. The van der Waals surface area contributed by atoms with E-state index in [1.165, 1.54) is 6.33 Å². The maximum atomic E-state index is 12.5. The molecule has 11 heteroatoms. The number of para-hydroxylation sites is 1. The van der Waals surface area contributed by atoms with Gasteiger partial charge in [0.1, 0.15) is 18.0 Å². The third-order valence-corrected chi connectivity index (χ3v) is 5.31. The molecule has 3 heterocycles. The first kappa shape index (κ1) is 21.9. The van der Waals surface area contributed by atoms with Crippen LogP contribution in [0.3, 0.4) is 0 Å². The van der Waals surface area contributed by atoms with Gasteiger partial charge in [0.15, 0.2) is 24.0 Å². The Labute approximate surface area is 183 Å². The molecule has 0 aliphatic carbocycles. The Morgan fingerprint density at radius 1 is 1.22 bits per heavy atom. The van der Waals surface area contributed by atoms with Gasteiger partial charge in [-0.3, -0.25) is 24.5 Å². The predicted octanol–water partition coefficient (Wildman–Crippen LogP) is 1.47. The monoisotopic (exact) mass is 443 g/mol. The van der Waals surface area contributed by atoms with Crippen LogP contribution in [0, 0.1) is 0 Å². The summed E-state index contributed by atoms with van der Waals surface area (Å²) < 4.78 is 24.4. The van der Waals surface area contributed by atoms with Crippen molar-refractivity contribution in [2.75, 3.05) is 26.1 Å². The third-order valence-electron chi connectivity index (χ3n) is 5.31. The lowest BCUT2D eigenvalue weighted by Gasteiger charge is -2.21. The second kappa shape index (κ2) is 9.47. The number of carbonyl (C=O) groups excluding carboxylic acids is 1. The highest BCUT2D eigenvalue weighted by Crippen LogP contribution is 2.35. The van der Waals surface area contributed by atoms with Crippen molar-refractivity contribution in [3.8, 4) is 5.75 Å². The topological polar surface area (TPSA) is 130 Å². The summed E-state index contributed by atoms with van der Waals surface area (Å²) in [4.78, 5) is 35.9. The normalized spacial score (nSPS) is 22.8.